The first-order valence-corrected chi connectivity index (χ1v) is 12.7. The summed E-state index contributed by atoms with van der Waals surface area (Å²) in [5, 5.41) is 7.79. The van der Waals surface area contributed by atoms with E-state index in [0.717, 1.165) is 82.1 Å². The van der Waals surface area contributed by atoms with Gasteiger partial charge in [0.05, 0.1) is 12.7 Å². The number of carbonyl (C=O) groups is 2. The summed E-state index contributed by atoms with van der Waals surface area (Å²) in [5.41, 5.74) is 4.58. The van der Waals surface area contributed by atoms with E-state index in [1.807, 2.05) is 28.9 Å². The Bertz CT molecular complexity index is 999. The summed E-state index contributed by atoms with van der Waals surface area (Å²) in [6, 6.07) is 8.31. The van der Waals surface area contributed by atoms with E-state index in [4.69, 9.17) is 0 Å². The van der Waals surface area contributed by atoms with Crippen LogP contribution in [0.3, 0.4) is 0 Å². The normalized spacial score (nSPS) is 23.5. The fourth-order valence-electron chi connectivity index (χ4n) is 6.04. The number of piperidine rings is 1. The summed E-state index contributed by atoms with van der Waals surface area (Å²) in [6.45, 7) is 2.55. The Morgan fingerprint density at radius 2 is 1.76 bits per heavy atom. The van der Waals surface area contributed by atoms with Gasteiger partial charge in [0.25, 0.3) is 0 Å². The number of aryl methyl sites for hydroxylation is 1. The number of hydrogen-bond acceptors (Lipinski definition) is 4. The lowest BCUT2D eigenvalue weighted by Gasteiger charge is -2.32. The van der Waals surface area contributed by atoms with Crippen LogP contribution in [0.1, 0.15) is 68.2 Å². The standard InChI is InChI=1S/C27H36N4O2/c1-30-25-16-22-4-2-3-5-24(22)31(18-23(25)17-29-30)27(33)21-9-6-19(7-10-21)8-11-26(32)20-12-14-28-15-13-20/h2-5,17,19-21,28H,6-16,18H2,1H3. The van der Waals surface area contributed by atoms with Gasteiger partial charge in [-0.25, -0.2) is 0 Å². The molecule has 1 aromatic heterocycles. The van der Waals surface area contributed by atoms with Gasteiger partial charge in [-0.1, -0.05) is 18.2 Å². The number of nitrogens with one attached hydrogen (secondary N) is 1. The molecule has 6 heteroatoms. The molecule has 2 fully saturated rings. The van der Waals surface area contributed by atoms with Crippen molar-refractivity contribution in [1.29, 1.82) is 0 Å². The van der Waals surface area contributed by atoms with Gasteiger partial charge in [-0.3, -0.25) is 14.3 Å². The molecule has 2 aliphatic heterocycles. The highest BCUT2D eigenvalue weighted by Crippen LogP contribution is 2.37. The molecule has 6 nitrogen and oxygen atoms in total. The van der Waals surface area contributed by atoms with Crippen molar-refractivity contribution in [1.82, 2.24) is 15.1 Å². The van der Waals surface area contributed by atoms with E-state index in [9.17, 15) is 9.59 Å². The molecule has 33 heavy (non-hydrogen) atoms. The minimum atomic E-state index is 0.0765. The molecule has 1 aliphatic carbocycles. The van der Waals surface area contributed by atoms with Gasteiger partial charge in [0.2, 0.25) is 5.91 Å². The number of hydrogen-bond donors (Lipinski definition) is 1. The monoisotopic (exact) mass is 448 g/mol. The second kappa shape index (κ2) is 9.80. The Hall–Kier alpha value is -2.47. The molecule has 0 radical (unpaired) electrons. The highest BCUT2D eigenvalue weighted by atomic mass is 16.2. The van der Waals surface area contributed by atoms with Gasteiger partial charge < -0.3 is 10.2 Å². The van der Waals surface area contributed by atoms with Crippen molar-refractivity contribution in [2.45, 2.75) is 64.3 Å². The minimum Gasteiger partial charge on any atom is -0.317 e. The number of nitrogens with zero attached hydrogens (tertiary/aromatic N) is 3. The van der Waals surface area contributed by atoms with E-state index >= 15 is 0 Å². The predicted octanol–water partition coefficient (Wildman–Crippen LogP) is 4.01. The molecular weight excluding hydrogens is 412 g/mol. The zero-order chi connectivity index (χ0) is 22.8. The number of fused-ring (bicyclic) bond motifs is 2. The second-order valence-corrected chi connectivity index (χ2v) is 10.2. The SMILES string of the molecule is Cn1ncc2c1Cc1ccccc1N(C(=O)C1CCC(CCC(=O)C3CCNCC3)CC1)C2. The van der Waals surface area contributed by atoms with Gasteiger partial charge in [-0.2, -0.15) is 5.10 Å². The quantitative estimate of drug-likeness (QED) is 0.750. The average Bonchev–Trinajstić information content (AvgIpc) is 3.10. The Kier molecular flexibility index (Phi) is 6.63. The first kappa shape index (κ1) is 22.3. The summed E-state index contributed by atoms with van der Waals surface area (Å²) < 4.78 is 1.94. The van der Waals surface area contributed by atoms with Crippen molar-refractivity contribution in [3.63, 3.8) is 0 Å². The minimum absolute atomic E-state index is 0.0765. The van der Waals surface area contributed by atoms with Crippen molar-refractivity contribution >= 4 is 17.4 Å². The van der Waals surface area contributed by atoms with Crippen LogP contribution in [0, 0.1) is 17.8 Å². The van der Waals surface area contributed by atoms with Crippen molar-refractivity contribution in [3.05, 3.63) is 47.3 Å². The Morgan fingerprint density at radius 3 is 2.55 bits per heavy atom. The van der Waals surface area contributed by atoms with Crippen LogP contribution >= 0.6 is 0 Å². The van der Waals surface area contributed by atoms with Gasteiger partial charge in [-0.15, -0.1) is 0 Å². The lowest BCUT2D eigenvalue weighted by molar-refractivity contribution is -0.125. The van der Waals surface area contributed by atoms with E-state index in [1.165, 1.54) is 11.3 Å². The molecule has 1 saturated heterocycles. The number of amides is 1. The topological polar surface area (TPSA) is 67.2 Å². The van der Waals surface area contributed by atoms with Gasteiger partial charge in [0.1, 0.15) is 5.78 Å². The van der Waals surface area contributed by atoms with E-state index in [2.05, 4.69) is 28.6 Å². The molecule has 1 N–H and O–H groups in total. The third kappa shape index (κ3) is 4.77. The molecular formula is C27H36N4O2. The van der Waals surface area contributed by atoms with E-state index in [0.29, 0.717) is 18.2 Å². The Labute approximate surface area is 196 Å². The van der Waals surface area contributed by atoms with E-state index in [-0.39, 0.29) is 17.7 Å². The molecule has 0 bridgehead atoms. The molecule has 0 unspecified atom stereocenters. The molecule has 0 spiro atoms. The Morgan fingerprint density at radius 1 is 1.00 bits per heavy atom. The maximum atomic E-state index is 13.7. The highest BCUT2D eigenvalue weighted by Gasteiger charge is 2.33. The number of aromatic nitrogens is 2. The number of anilines is 1. The molecule has 1 amide bonds. The van der Waals surface area contributed by atoms with Crippen LogP contribution < -0.4 is 10.2 Å². The fourth-order valence-corrected chi connectivity index (χ4v) is 6.04. The highest BCUT2D eigenvalue weighted by molar-refractivity contribution is 5.96. The molecule has 176 valence electrons. The molecule has 3 heterocycles. The van der Waals surface area contributed by atoms with Crippen LogP contribution in [-0.4, -0.2) is 34.6 Å². The molecule has 5 rings (SSSR count). The van der Waals surface area contributed by atoms with Crippen molar-refractivity contribution in [3.8, 4) is 0 Å². The van der Waals surface area contributed by atoms with Crippen LogP contribution in [0.5, 0.6) is 0 Å². The summed E-state index contributed by atoms with van der Waals surface area (Å²) in [6.07, 6.45) is 10.4. The van der Waals surface area contributed by atoms with Crippen LogP contribution in [0.15, 0.2) is 30.5 Å². The number of carbonyl (C=O) groups excluding carboxylic acids is 2. The van der Waals surface area contributed by atoms with Gasteiger partial charge in [0, 0.05) is 48.7 Å². The summed E-state index contributed by atoms with van der Waals surface area (Å²) in [5.74, 6) is 1.64. The van der Waals surface area contributed by atoms with Gasteiger partial charge in [-0.05, 0) is 75.6 Å². The lowest BCUT2D eigenvalue weighted by Crippen LogP contribution is -2.37. The number of benzene rings is 1. The summed E-state index contributed by atoms with van der Waals surface area (Å²) >= 11 is 0. The predicted molar refractivity (Wildman–Crippen MR) is 129 cm³/mol. The third-order valence-corrected chi connectivity index (χ3v) is 8.17. The maximum absolute atomic E-state index is 13.7. The summed E-state index contributed by atoms with van der Waals surface area (Å²) in [7, 11) is 1.98. The van der Waals surface area contributed by atoms with Crippen LogP contribution in [0.4, 0.5) is 5.69 Å². The molecule has 2 aromatic rings. The second-order valence-electron chi connectivity index (χ2n) is 10.2. The smallest absolute Gasteiger partial charge is 0.230 e. The van der Waals surface area contributed by atoms with E-state index < -0.39 is 0 Å². The average molecular weight is 449 g/mol. The first-order valence-electron chi connectivity index (χ1n) is 12.7. The van der Waals surface area contributed by atoms with Gasteiger partial charge >= 0.3 is 0 Å². The fraction of sp³-hybridized carbons (Fsp3) is 0.593. The van der Waals surface area contributed by atoms with Crippen molar-refractivity contribution in [2.75, 3.05) is 18.0 Å². The van der Waals surface area contributed by atoms with Gasteiger partial charge in [0.15, 0.2) is 0 Å². The Balaban J connectivity index is 1.20. The van der Waals surface area contributed by atoms with E-state index in [1.54, 1.807) is 0 Å². The zero-order valence-corrected chi connectivity index (χ0v) is 19.8. The summed E-state index contributed by atoms with van der Waals surface area (Å²) in [4.78, 5) is 28.3. The first-order chi connectivity index (χ1) is 16.1. The molecule has 3 aliphatic rings. The van der Waals surface area contributed by atoms with Crippen LogP contribution in [-0.2, 0) is 29.6 Å². The largest absolute Gasteiger partial charge is 0.317 e. The molecule has 1 aromatic carbocycles. The number of Topliss-reactive ketones (excluding diaryl/α,β-unsaturated/α-hetero) is 1. The van der Waals surface area contributed by atoms with Crippen molar-refractivity contribution in [2.24, 2.45) is 24.8 Å². The van der Waals surface area contributed by atoms with Crippen LogP contribution in [0.2, 0.25) is 0 Å². The third-order valence-electron chi connectivity index (χ3n) is 8.17. The maximum Gasteiger partial charge on any atom is 0.230 e. The van der Waals surface area contributed by atoms with Crippen molar-refractivity contribution < 1.29 is 9.59 Å². The van der Waals surface area contributed by atoms with Crippen LogP contribution in [0.25, 0.3) is 0 Å². The number of rotatable bonds is 5. The lowest BCUT2D eigenvalue weighted by atomic mass is 9.78. The molecule has 0 atom stereocenters. The number of para-hydroxylation sites is 1. The molecule has 1 saturated carbocycles. The number of ketones is 1. The zero-order valence-electron chi connectivity index (χ0n) is 19.8.